The molecule has 4 heterocycles. The number of amides is 1. The average molecular weight is 595 g/mol. The topological polar surface area (TPSA) is 94.2 Å². The molecule has 2 fully saturated rings. The number of pyridine rings is 1. The lowest BCUT2D eigenvalue weighted by atomic mass is 9.90. The molecule has 2 aromatic heterocycles. The molecule has 0 spiro atoms. The fourth-order valence-electron chi connectivity index (χ4n) is 6.91. The molecule has 2 saturated heterocycles. The number of rotatable bonds is 6. The highest BCUT2D eigenvalue weighted by atomic mass is 19.1. The smallest absolute Gasteiger partial charge is 0.246 e. The normalized spacial score (nSPS) is 19.8. The molecule has 44 heavy (non-hydrogen) atoms. The molecular formula is C34H39FN8O. The summed E-state index contributed by atoms with van der Waals surface area (Å²) < 4.78 is 18.8. The van der Waals surface area contributed by atoms with Crippen LogP contribution in [-0.4, -0.2) is 81.0 Å². The number of benzene rings is 2. The number of hydrogen-bond donors (Lipinski definition) is 0. The molecule has 0 saturated carbocycles. The van der Waals surface area contributed by atoms with Crippen LogP contribution in [0.3, 0.4) is 0 Å². The fourth-order valence-corrected chi connectivity index (χ4v) is 6.91. The van der Waals surface area contributed by atoms with Gasteiger partial charge in [0.25, 0.3) is 0 Å². The first-order chi connectivity index (χ1) is 21.0. The van der Waals surface area contributed by atoms with E-state index in [2.05, 4.69) is 53.8 Å². The summed E-state index contributed by atoms with van der Waals surface area (Å²) in [6.07, 6.45) is 2.67. The molecule has 0 N–H and O–H groups in total. The van der Waals surface area contributed by atoms with Crippen LogP contribution in [0.2, 0.25) is 0 Å². The van der Waals surface area contributed by atoms with Crippen molar-refractivity contribution in [2.24, 2.45) is 0 Å². The SMILES string of the molecule is C=CC(=O)N1CC[C@H](n2nnc3c(N4CC(C)(N(C)C)C4)nc4c(F)c(-c5cccc(C)c5C)c(C)cc4c32)C[C@H]1CC#N. The Morgan fingerprint density at radius 1 is 1.23 bits per heavy atom. The van der Waals surface area contributed by atoms with Crippen LogP contribution in [0, 0.1) is 37.9 Å². The Morgan fingerprint density at radius 2 is 1.98 bits per heavy atom. The number of carbonyl (C=O) groups is 1. The van der Waals surface area contributed by atoms with E-state index in [0.717, 1.165) is 40.9 Å². The maximum absolute atomic E-state index is 16.9. The zero-order chi connectivity index (χ0) is 31.5. The van der Waals surface area contributed by atoms with Crippen LogP contribution in [0.5, 0.6) is 0 Å². The predicted molar refractivity (Wildman–Crippen MR) is 171 cm³/mol. The first-order valence-electron chi connectivity index (χ1n) is 15.2. The van der Waals surface area contributed by atoms with Crippen molar-refractivity contribution < 1.29 is 9.18 Å². The van der Waals surface area contributed by atoms with E-state index in [1.807, 2.05) is 49.7 Å². The first kappa shape index (κ1) is 29.7. The summed E-state index contributed by atoms with van der Waals surface area (Å²) in [5.41, 5.74) is 6.00. The van der Waals surface area contributed by atoms with Gasteiger partial charge in [0.2, 0.25) is 5.91 Å². The largest absolute Gasteiger partial charge is 0.351 e. The van der Waals surface area contributed by atoms with Gasteiger partial charge in [0.15, 0.2) is 17.2 Å². The summed E-state index contributed by atoms with van der Waals surface area (Å²) in [5.74, 6) is 0.0947. The quantitative estimate of drug-likeness (QED) is 0.273. The Hall–Kier alpha value is -4.36. The number of aromatic nitrogens is 4. The van der Waals surface area contributed by atoms with Crippen LogP contribution in [0.25, 0.3) is 33.1 Å². The minimum Gasteiger partial charge on any atom is -0.351 e. The lowest BCUT2D eigenvalue weighted by Gasteiger charge is -2.52. The van der Waals surface area contributed by atoms with Gasteiger partial charge in [-0.3, -0.25) is 4.79 Å². The molecule has 9 nitrogen and oxygen atoms in total. The Labute approximate surface area is 257 Å². The van der Waals surface area contributed by atoms with Gasteiger partial charge in [-0.1, -0.05) is 30.0 Å². The number of anilines is 1. The highest BCUT2D eigenvalue weighted by Gasteiger charge is 2.43. The zero-order valence-electron chi connectivity index (χ0n) is 26.4. The monoisotopic (exact) mass is 594 g/mol. The number of nitrogens with zero attached hydrogens (tertiary/aromatic N) is 8. The molecule has 2 aromatic carbocycles. The second kappa shape index (κ2) is 11.0. The molecule has 2 aliphatic heterocycles. The van der Waals surface area contributed by atoms with E-state index in [1.165, 1.54) is 6.08 Å². The van der Waals surface area contributed by atoms with Crippen molar-refractivity contribution in [2.45, 2.75) is 64.6 Å². The molecular weight excluding hydrogens is 555 g/mol. The number of halogens is 1. The van der Waals surface area contributed by atoms with Crippen molar-refractivity contribution in [3.8, 4) is 17.2 Å². The van der Waals surface area contributed by atoms with Crippen LogP contribution >= 0.6 is 0 Å². The Kier molecular flexibility index (Phi) is 7.41. The van der Waals surface area contributed by atoms with Gasteiger partial charge in [-0.15, -0.1) is 5.10 Å². The second-order valence-electron chi connectivity index (χ2n) is 12.9. The van der Waals surface area contributed by atoms with Gasteiger partial charge in [0.1, 0.15) is 11.0 Å². The number of piperidine rings is 1. The van der Waals surface area contributed by atoms with Crippen molar-refractivity contribution in [2.75, 3.05) is 38.6 Å². The predicted octanol–water partition coefficient (Wildman–Crippen LogP) is 5.48. The van der Waals surface area contributed by atoms with Crippen LogP contribution in [-0.2, 0) is 4.79 Å². The van der Waals surface area contributed by atoms with Crippen molar-refractivity contribution in [1.29, 1.82) is 5.26 Å². The molecule has 0 aliphatic carbocycles. The number of likely N-dealkylation sites (tertiary alicyclic amines) is 1. The van der Waals surface area contributed by atoms with Gasteiger partial charge in [-0.05, 0) is 89.0 Å². The molecule has 2 atom stereocenters. The molecule has 0 bridgehead atoms. The van der Waals surface area contributed by atoms with Crippen LogP contribution < -0.4 is 4.90 Å². The summed E-state index contributed by atoms with van der Waals surface area (Å²) in [6.45, 7) is 13.8. The van der Waals surface area contributed by atoms with E-state index in [0.29, 0.717) is 47.2 Å². The summed E-state index contributed by atoms with van der Waals surface area (Å²) in [7, 11) is 4.13. The fraction of sp³-hybridized carbons (Fsp3) is 0.441. The van der Waals surface area contributed by atoms with Gasteiger partial charge >= 0.3 is 0 Å². The molecule has 228 valence electrons. The van der Waals surface area contributed by atoms with Crippen LogP contribution in [0.15, 0.2) is 36.9 Å². The maximum atomic E-state index is 16.9. The van der Waals surface area contributed by atoms with Crippen molar-refractivity contribution in [3.05, 3.63) is 59.4 Å². The summed E-state index contributed by atoms with van der Waals surface area (Å²) in [4.78, 5) is 23.6. The lowest BCUT2D eigenvalue weighted by Crippen LogP contribution is -2.67. The van der Waals surface area contributed by atoms with Crippen molar-refractivity contribution >= 4 is 33.7 Å². The second-order valence-corrected chi connectivity index (χ2v) is 12.9. The van der Waals surface area contributed by atoms with Gasteiger partial charge in [-0.25, -0.2) is 14.1 Å². The lowest BCUT2D eigenvalue weighted by molar-refractivity contribution is -0.130. The van der Waals surface area contributed by atoms with E-state index in [9.17, 15) is 10.1 Å². The molecule has 4 aromatic rings. The first-order valence-corrected chi connectivity index (χ1v) is 15.2. The van der Waals surface area contributed by atoms with E-state index >= 15 is 4.39 Å². The zero-order valence-corrected chi connectivity index (χ0v) is 26.4. The standard InChI is InChI=1S/C34H39FN8O/c1-8-27(44)42-15-13-24(17-23(42)12-14-36)43-32-26-16-21(3)28(25-11-9-10-20(2)22(25)4)29(35)30(26)37-33(31(32)38-39-43)41-18-34(5,19-41)40(6)7/h8-11,16,23-24H,1,12-13,15,17-19H2,2-7H3/t23-,24+/m1/s1. The van der Waals surface area contributed by atoms with Crippen molar-refractivity contribution in [3.63, 3.8) is 0 Å². The molecule has 2 aliphatic rings. The van der Waals surface area contributed by atoms with Crippen LogP contribution in [0.1, 0.15) is 48.9 Å². The van der Waals surface area contributed by atoms with E-state index in [4.69, 9.17) is 4.98 Å². The Bertz CT molecular complexity index is 1850. The Balaban J connectivity index is 1.56. The van der Waals surface area contributed by atoms with Crippen LogP contribution in [0.4, 0.5) is 10.2 Å². The molecule has 6 rings (SSSR count). The third-order valence-electron chi connectivity index (χ3n) is 9.95. The molecule has 10 heteroatoms. The third kappa shape index (κ3) is 4.61. The summed E-state index contributed by atoms with van der Waals surface area (Å²) >= 11 is 0. The van der Waals surface area contributed by atoms with Gasteiger partial charge < -0.3 is 14.7 Å². The molecule has 1 amide bonds. The van der Waals surface area contributed by atoms with E-state index in [1.54, 1.807) is 4.90 Å². The van der Waals surface area contributed by atoms with Crippen molar-refractivity contribution in [1.82, 2.24) is 29.8 Å². The van der Waals surface area contributed by atoms with E-state index in [-0.39, 0.29) is 35.8 Å². The number of likely N-dealkylation sites (N-methyl/N-ethyl adjacent to an activating group) is 1. The molecule has 0 unspecified atom stereocenters. The summed E-state index contributed by atoms with van der Waals surface area (Å²) in [6, 6.07) is 9.81. The van der Waals surface area contributed by atoms with Gasteiger partial charge in [-0.2, -0.15) is 5.26 Å². The maximum Gasteiger partial charge on any atom is 0.246 e. The Morgan fingerprint density at radius 3 is 2.66 bits per heavy atom. The van der Waals surface area contributed by atoms with E-state index < -0.39 is 0 Å². The number of carbonyl (C=O) groups excluding carboxylic acids is 1. The minimum atomic E-state index is -0.353. The number of hydrogen-bond acceptors (Lipinski definition) is 7. The van der Waals surface area contributed by atoms with Gasteiger partial charge in [0, 0.05) is 36.6 Å². The van der Waals surface area contributed by atoms with Gasteiger partial charge in [0.05, 0.1) is 24.1 Å². The summed E-state index contributed by atoms with van der Waals surface area (Å²) in [5, 5.41) is 19.5. The highest BCUT2D eigenvalue weighted by molar-refractivity contribution is 6.08. The number of fused-ring (bicyclic) bond motifs is 3. The number of aryl methyl sites for hydroxylation is 2. The highest BCUT2D eigenvalue weighted by Crippen LogP contribution is 2.42. The average Bonchev–Trinajstić information content (AvgIpc) is 3.43. The number of nitriles is 1. The third-order valence-corrected chi connectivity index (χ3v) is 9.95. The minimum absolute atomic E-state index is 0.0380. The molecule has 0 radical (unpaired) electrons.